The summed E-state index contributed by atoms with van der Waals surface area (Å²) in [6.07, 6.45) is 12.0. The molecule has 1 aromatic heterocycles. The number of rotatable bonds is 4. The topological polar surface area (TPSA) is 72.4 Å². The molecule has 0 aromatic carbocycles. The molecule has 0 radical (unpaired) electrons. The third kappa shape index (κ3) is 3.35. The summed E-state index contributed by atoms with van der Waals surface area (Å²) < 4.78 is 5.14. The molecule has 122 valence electrons. The molecule has 0 aliphatic heterocycles. The zero-order valence-electron chi connectivity index (χ0n) is 13.3. The second-order valence-corrected chi connectivity index (χ2v) is 6.68. The van der Waals surface area contributed by atoms with Crippen LogP contribution in [-0.2, 0) is 6.54 Å². The molecule has 0 bridgehead atoms. The Bertz CT molecular complexity index is 470. The van der Waals surface area contributed by atoms with Crippen molar-refractivity contribution in [1.82, 2.24) is 10.1 Å². The van der Waals surface area contributed by atoms with Crippen molar-refractivity contribution in [2.75, 3.05) is 0 Å². The Hall–Kier alpha value is -1.36. The predicted octanol–water partition coefficient (Wildman–Crippen LogP) is 3.24. The molecular weight excluding hydrogens is 278 g/mol. The standard InChI is InChI=1S/C17H27N3O2/c18-12-15-11-16(19-22-15)17(21)20(13-7-3-1-4-8-13)14-9-5-2-6-10-14/h11,13-14H,1-10,12,18H2. The van der Waals surface area contributed by atoms with Gasteiger partial charge in [0.25, 0.3) is 5.91 Å². The second kappa shape index (κ2) is 7.27. The van der Waals surface area contributed by atoms with Crippen LogP contribution in [0.15, 0.2) is 10.6 Å². The highest BCUT2D eigenvalue weighted by molar-refractivity contribution is 5.92. The van der Waals surface area contributed by atoms with Crippen molar-refractivity contribution in [2.24, 2.45) is 5.73 Å². The van der Waals surface area contributed by atoms with Crippen molar-refractivity contribution in [2.45, 2.75) is 82.8 Å². The van der Waals surface area contributed by atoms with E-state index in [0.29, 0.717) is 23.5 Å². The summed E-state index contributed by atoms with van der Waals surface area (Å²) in [4.78, 5) is 15.2. The van der Waals surface area contributed by atoms with Gasteiger partial charge in [-0.15, -0.1) is 0 Å². The Labute approximate surface area is 132 Å². The Morgan fingerprint density at radius 3 is 2.09 bits per heavy atom. The summed E-state index contributed by atoms with van der Waals surface area (Å²) in [7, 11) is 0. The van der Waals surface area contributed by atoms with Crippen molar-refractivity contribution >= 4 is 5.91 Å². The van der Waals surface area contributed by atoms with Gasteiger partial charge in [0.1, 0.15) is 0 Å². The number of carbonyl (C=O) groups excluding carboxylic acids is 1. The van der Waals surface area contributed by atoms with Crippen molar-refractivity contribution in [3.05, 3.63) is 17.5 Å². The molecule has 2 N–H and O–H groups in total. The van der Waals surface area contributed by atoms with Crippen molar-refractivity contribution < 1.29 is 9.32 Å². The largest absolute Gasteiger partial charge is 0.359 e. The lowest BCUT2D eigenvalue weighted by Crippen LogP contribution is -2.48. The summed E-state index contributed by atoms with van der Waals surface area (Å²) in [6, 6.07) is 2.46. The lowest BCUT2D eigenvalue weighted by Gasteiger charge is -2.41. The SMILES string of the molecule is NCc1cc(C(=O)N(C2CCCCC2)C2CCCCC2)no1. The molecule has 2 fully saturated rings. The van der Waals surface area contributed by atoms with Gasteiger partial charge in [-0.05, 0) is 25.7 Å². The highest BCUT2D eigenvalue weighted by Crippen LogP contribution is 2.31. The Morgan fingerprint density at radius 2 is 1.64 bits per heavy atom. The summed E-state index contributed by atoms with van der Waals surface area (Å²) in [6.45, 7) is 0.285. The molecule has 1 amide bonds. The van der Waals surface area contributed by atoms with Crippen LogP contribution >= 0.6 is 0 Å². The lowest BCUT2D eigenvalue weighted by atomic mass is 9.88. The van der Waals surface area contributed by atoms with E-state index in [1.165, 1.54) is 38.5 Å². The van der Waals surface area contributed by atoms with Crippen LogP contribution < -0.4 is 5.73 Å². The van der Waals surface area contributed by atoms with Gasteiger partial charge < -0.3 is 15.2 Å². The van der Waals surface area contributed by atoms with E-state index in [1.807, 2.05) is 0 Å². The van der Waals surface area contributed by atoms with Crippen LogP contribution in [0.5, 0.6) is 0 Å². The smallest absolute Gasteiger partial charge is 0.276 e. The number of nitrogens with zero attached hydrogens (tertiary/aromatic N) is 2. The van der Waals surface area contributed by atoms with E-state index in [2.05, 4.69) is 10.1 Å². The van der Waals surface area contributed by atoms with Gasteiger partial charge in [-0.1, -0.05) is 43.7 Å². The van der Waals surface area contributed by atoms with Gasteiger partial charge in [0.2, 0.25) is 0 Å². The van der Waals surface area contributed by atoms with E-state index in [-0.39, 0.29) is 12.5 Å². The van der Waals surface area contributed by atoms with Crippen LogP contribution in [0, 0.1) is 0 Å². The Balaban J connectivity index is 1.80. The average Bonchev–Trinajstić information content (AvgIpc) is 3.06. The maximum Gasteiger partial charge on any atom is 0.276 e. The molecule has 5 heteroatoms. The zero-order chi connectivity index (χ0) is 15.4. The van der Waals surface area contributed by atoms with E-state index in [4.69, 9.17) is 10.3 Å². The van der Waals surface area contributed by atoms with Crippen LogP contribution in [0.4, 0.5) is 0 Å². The molecular formula is C17H27N3O2. The molecule has 5 nitrogen and oxygen atoms in total. The molecule has 0 saturated heterocycles. The number of nitrogens with two attached hydrogens (primary N) is 1. The van der Waals surface area contributed by atoms with E-state index < -0.39 is 0 Å². The minimum Gasteiger partial charge on any atom is -0.359 e. The number of hydrogen-bond donors (Lipinski definition) is 1. The first-order chi connectivity index (χ1) is 10.8. The maximum atomic E-state index is 13.0. The van der Waals surface area contributed by atoms with E-state index in [0.717, 1.165) is 25.7 Å². The molecule has 3 rings (SSSR count). The van der Waals surface area contributed by atoms with Crippen LogP contribution in [0.25, 0.3) is 0 Å². The van der Waals surface area contributed by atoms with Crippen LogP contribution in [0.3, 0.4) is 0 Å². The Kier molecular flexibility index (Phi) is 5.13. The normalized spacial score (nSPS) is 21.0. The molecule has 2 aliphatic carbocycles. The first-order valence-electron chi connectivity index (χ1n) is 8.78. The zero-order valence-corrected chi connectivity index (χ0v) is 13.3. The van der Waals surface area contributed by atoms with Crippen molar-refractivity contribution in [3.8, 4) is 0 Å². The minimum atomic E-state index is 0.0437. The van der Waals surface area contributed by atoms with Crippen LogP contribution in [-0.4, -0.2) is 28.0 Å². The minimum absolute atomic E-state index is 0.0437. The molecule has 0 unspecified atom stereocenters. The second-order valence-electron chi connectivity index (χ2n) is 6.68. The molecule has 2 aliphatic rings. The van der Waals surface area contributed by atoms with E-state index >= 15 is 0 Å². The predicted molar refractivity (Wildman–Crippen MR) is 84.3 cm³/mol. The molecule has 0 atom stereocenters. The quantitative estimate of drug-likeness (QED) is 0.927. The van der Waals surface area contributed by atoms with E-state index in [1.54, 1.807) is 6.07 Å². The number of amides is 1. The molecule has 0 spiro atoms. The molecule has 2 saturated carbocycles. The highest BCUT2D eigenvalue weighted by atomic mass is 16.5. The fourth-order valence-electron chi connectivity index (χ4n) is 3.99. The molecule has 1 aromatic rings. The fraction of sp³-hybridized carbons (Fsp3) is 0.765. The first kappa shape index (κ1) is 15.5. The summed E-state index contributed by atoms with van der Waals surface area (Å²) >= 11 is 0. The van der Waals surface area contributed by atoms with Gasteiger partial charge in [0.05, 0.1) is 6.54 Å². The van der Waals surface area contributed by atoms with Gasteiger partial charge in [0.15, 0.2) is 11.5 Å². The third-order valence-corrected chi connectivity index (χ3v) is 5.15. The van der Waals surface area contributed by atoms with Crippen molar-refractivity contribution in [1.29, 1.82) is 0 Å². The van der Waals surface area contributed by atoms with Crippen LogP contribution in [0.1, 0.15) is 80.5 Å². The summed E-state index contributed by atoms with van der Waals surface area (Å²) in [5.41, 5.74) is 5.99. The number of hydrogen-bond acceptors (Lipinski definition) is 4. The highest BCUT2D eigenvalue weighted by Gasteiger charge is 2.34. The number of carbonyl (C=O) groups is 1. The Morgan fingerprint density at radius 1 is 1.09 bits per heavy atom. The van der Waals surface area contributed by atoms with E-state index in [9.17, 15) is 4.79 Å². The number of aromatic nitrogens is 1. The lowest BCUT2D eigenvalue weighted by molar-refractivity contribution is 0.0438. The van der Waals surface area contributed by atoms with Gasteiger partial charge in [0, 0.05) is 18.2 Å². The van der Waals surface area contributed by atoms with Gasteiger partial charge in [-0.3, -0.25) is 4.79 Å². The third-order valence-electron chi connectivity index (χ3n) is 5.15. The monoisotopic (exact) mass is 305 g/mol. The first-order valence-corrected chi connectivity index (χ1v) is 8.78. The molecule has 22 heavy (non-hydrogen) atoms. The van der Waals surface area contributed by atoms with Gasteiger partial charge in [-0.25, -0.2) is 0 Å². The van der Waals surface area contributed by atoms with Crippen LogP contribution in [0.2, 0.25) is 0 Å². The van der Waals surface area contributed by atoms with Gasteiger partial charge in [-0.2, -0.15) is 0 Å². The average molecular weight is 305 g/mol. The summed E-state index contributed by atoms with van der Waals surface area (Å²) in [5, 5.41) is 3.95. The van der Waals surface area contributed by atoms with Crippen molar-refractivity contribution in [3.63, 3.8) is 0 Å². The van der Waals surface area contributed by atoms with Gasteiger partial charge >= 0.3 is 0 Å². The maximum absolute atomic E-state index is 13.0. The fourth-order valence-corrected chi connectivity index (χ4v) is 3.99. The molecule has 1 heterocycles. The summed E-state index contributed by atoms with van der Waals surface area (Å²) in [5.74, 6) is 0.623.